The van der Waals surface area contributed by atoms with E-state index < -0.39 is 0 Å². The van der Waals surface area contributed by atoms with Crippen molar-refractivity contribution in [3.63, 3.8) is 0 Å². The lowest BCUT2D eigenvalue weighted by Gasteiger charge is -2.18. The van der Waals surface area contributed by atoms with Gasteiger partial charge in [0.15, 0.2) is 0 Å². The molecular weight excluding hydrogens is 264 g/mol. The van der Waals surface area contributed by atoms with Gasteiger partial charge in [0.2, 0.25) is 5.91 Å². The third kappa shape index (κ3) is 3.30. The first-order chi connectivity index (χ1) is 9.11. The highest BCUT2D eigenvalue weighted by atomic mass is 32.1. The zero-order valence-electron chi connectivity index (χ0n) is 11.0. The Labute approximate surface area is 116 Å². The summed E-state index contributed by atoms with van der Waals surface area (Å²) in [7, 11) is 1.76. The minimum Gasteiger partial charge on any atom is -0.344 e. The van der Waals surface area contributed by atoms with Gasteiger partial charge in [-0.25, -0.2) is 4.98 Å². The van der Waals surface area contributed by atoms with E-state index in [4.69, 9.17) is 5.73 Å². The van der Waals surface area contributed by atoms with Crippen LogP contribution in [0.3, 0.4) is 0 Å². The molecular formula is C12H18N4O2S. The van der Waals surface area contributed by atoms with Gasteiger partial charge >= 0.3 is 0 Å². The number of carbonyl (C=O) groups is 2. The molecule has 0 bridgehead atoms. The summed E-state index contributed by atoms with van der Waals surface area (Å²) in [5.41, 5.74) is 5.89. The van der Waals surface area contributed by atoms with E-state index in [2.05, 4.69) is 4.98 Å². The molecule has 2 N–H and O–H groups in total. The molecule has 1 aliphatic rings. The SMILES string of the molecule is CN1CCCN(C(=O)c2csc(CCN)n2)CC1=O. The van der Waals surface area contributed by atoms with Gasteiger partial charge in [-0.1, -0.05) is 0 Å². The average Bonchev–Trinajstić information content (AvgIpc) is 2.78. The summed E-state index contributed by atoms with van der Waals surface area (Å²) in [5.74, 6) is -0.188. The van der Waals surface area contributed by atoms with Gasteiger partial charge in [-0.2, -0.15) is 0 Å². The number of likely N-dealkylation sites (N-methyl/N-ethyl adjacent to an activating group) is 1. The van der Waals surface area contributed by atoms with Crippen molar-refractivity contribution in [2.45, 2.75) is 12.8 Å². The van der Waals surface area contributed by atoms with Crippen molar-refractivity contribution in [1.82, 2.24) is 14.8 Å². The molecule has 2 heterocycles. The van der Waals surface area contributed by atoms with Crippen molar-refractivity contribution < 1.29 is 9.59 Å². The molecule has 0 aliphatic carbocycles. The van der Waals surface area contributed by atoms with Crippen LogP contribution in [0.2, 0.25) is 0 Å². The summed E-state index contributed by atoms with van der Waals surface area (Å²) in [6.07, 6.45) is 1.48. The van der Waals surface area contributed by atoms with Crippen molar-refractivity contribution in [1.29, 1.82) is 0 Å². The maximum atomic E-state index is 12.3. The Kier molecular flexibility index (Phi) is 4.49. The first-order valence-corrected chi connectivity index (χ1v) is 7.17. The highest BCUT2D eigenvalue weighted by Gasteiger charge is 2.25. The van der Waals surface area contributed by atoms with Gasteiger partial charge in [0.05, 0.1) is 5.01 Å². The van der Waals surface area contributed by atoms with Gasteiger partial charge in [-0.15, -0.1) is 11.3 Å². The van der Waals surface area contributed by atoms with Crippen molar-refractivity contribution in [3.8, 4) is 0 Å². The molecule has 0 saturated carbocycles. The van der Waals surface area contributed by atoms with E-state index in [1.165, 1.54) is 11.3 Å². The van der Waals surface area contributed by atoms with Crippen LogP contribution in [0.1, 0.15) is 21.9 Å². The zero-order chi connectivity index (χ0) is 13.8. The Balaban J connectivity index is 2.07. The number of hydrogen-bond acceptors (Lipinski definition) is 5. The number of carbonyl (C=O) groups excluding carboxylic acids is 2. The van der Waals surface area contributed by atoms with E-state index >= 15 is 0 Å². The van der Waals surface area contributed by atoms with Gasteiger partial charge in [-0.3, -0.25) is 9.59 Å². The summed E-state index contributed by atoms with van der Waals surface area (Å²) < 4.78 is 0. The molecule has 0 unspecified atom stereocenters. The van der Waals surface area contributed by atoms with Gasteiger partial charge in [0, 0.05) is 31.9 Å². The first-order valence-electron chi connectivity index (χ1n) is 6.29. The van der Waals surface area contributed by atoms with Crippen LogP contribution < -0.4 is 5.73 Å². The summed E-state index contributed by atoms with van der Waals surface area (Å²) in [6.45, 7) is 1.95. The third-order valence-corrected chi connectivity index (χ3v) is 4.00. The largest absolute Gasteiger partial charge is 0.344 e. The van der Waals surface area contributed by atoms with Crippen molar-refractivity contribution in [3.05, 3.63) is 16.1 Å². The number of aromatic nitrogens is 1. The van der Waals surface area contributed by atoms with Gasteiger partial charge in [-0.05, 0) is 13.0 Å². The topological polar surface area (TPSA) is 79.5 Å². The lowest BCUT2D eigenvalue weighted by molar-refractivity contribution is -0.129. The molecule has 2 amide bonds. The Morgan fingerprint density at radius 3 is 3.05 bits per heavy atom. The number of amides is 2. The molecule has 7 heteroatoms. The number of nitrogens with two attached hydrogens (primary N) is 1. The molecule has 1 saturated heterocycles. The number of nitrogens with zero attached hydrogens (tertiary/aromatic N) is 3. The summed E-state index contributed by atoms with van der Waals surface area (Å²) >= 11 is 1.44. The quantitative estimate of drug-likeness (QED) is 0.843. The Bertz CT molecular complexity index is 474. The minimum absolute atomic E-state index is 0.0248. The molecule has 2 rings (SSSR count). The fourth-order valence-corrected chi connectivity index (χ4v) is 2.76. The fourth-order valence-electron chi connectivity index (χ4n) is 1.97. The molecule has 6 nitrogen and oxygen atoms in total. The second-order valence-electron chi connectivity index (χ2n) is 4.56. The molecule has 0 atom stereocenters. The zero-order valence-corrected chi connectivity index (χ0v) is 11.8. The number of rotatable bonds is 3. The van der Waals surface area contributed by atoms with E-state index in [9.17, 15) is 9.59 Å². The van der Waals surface area contributed by atoms with E-state index in [1.54, 1.807) is 22.2 Å². The van der Waals surface area contributed by atoms with Crippen molar-refractivity contribution >= 4 is 23.2 Å². The molecule has 19 heavy (non-hydrogen) atoms. The summed E-state index contributed by atoms with van der Waals surface area (Å²) in [4.78, 5) is 31.6. The Morgan fingerprint density at radius 2 is 2.32 bits per heavy atom. The summed E-state index contributed by atoms with van der Waals surface area (Å²) in [6, 6.07) is 0. The van der Waals surface area contributed by atoms with Crippen LogP contribution in [0.25, 0.3) is 0 Å². The third-order valence-electron chi connectivity index (χ3n) is 3.09. The normalized spacial score (nSPS) is 16.6. The van der Waals surface area contributed by atoms with E-state index in [0.717, 1.165) is 11.4 Å². The molecule has 104 valence electrons. The fraction of sp³-hybridized carbons (Fsp3) is 0.583. The van der Waals surface area contributed by atoms with Crippen molar-refractivity contribution in [2.24, 2.45) is 5.73 Å². The molecule has 1 fully saturated rings. The van der Waals surface area contributed by atoms with Crippen LogP contribution in [-0.4, -0.2) is 59.8 Å². The molecule has 1 aliphatic heterocycles. The molecule has 1 aromatic heterocycles. The maximum absolute atomic E-state index is 12.3. The number of hydrogen-bond donors (Lipinski definition) is 1. The lowest BCUT2D eigenvalue weighted by atomic mass is 10.3. The van der Waals surface area contributed by atoms with E-state index in [1.807, 2.05) is 0 Å². The van der Waals surface area contributed by atoms with Crippen LogP contribution in [-0.2, 0) is 11.2 Å². The first kappa shape index (κ1) is 14.0. The molecule has 0 radical (unpaired) electrons. The Morgan fingerprint density at radius 1 is 1.53 bits per heavy atom. The lowest BCUT2D eigenvalue weighted by Crippen LogP contribution is -2.38. The smallest absolute Gasteiger partial charge is 0.273 e. The van der Waals surface area contributed by atoms with E-state index in [-0.39, 0.29) is 18.4 Å². The van der Waals surface area contributed by atoms with Crippen LogP contribution >= 0.6 is 11.3 Å². The molecule has 0 spiro atoms. The van der Waals surface area contributed by atoms with Gasteiger partial charge < -0.3 is 15.5 Å². The average molecular weight is 282 g/mol. The standard InChI is InChI=1S/C12H18N4O2S/c1-15-5-2-6-16(7-11(15)17)12(18)9-8-19-10(14-9)3-4-13/h8H,2-7,13H2,1H3. The van der Waals surface area contributed by atoms with Gasteiger partial charge in [0.1, 0.15) is 12.2 Å². The van der Waals surface area contributed by atoms with E-state index in [0.29, 0.717) is 31.7 Å². The van der Waals surface area contributed by atoms with Crippen molar-refractivity contribution in [2.75, 3.05) is 33.2 Å². The predicted octanol–water partition coefficient (Wildman–Crippen LogP) is -0.0514. The summed E-state index contributed by atoms with van der Waals surface area (Å²) in [5, 5.41) is 2.61. The van der Waals surface area contributed by atoms with Crippen LogP contribution in [0, 0.1) is 0 Å². The maximum Gasteiger partial charge on any atom is 0.273 e. The van der Waals surface area contributed by atoms with Gasteiger partial charge in [0.25, 0.3) is 5.91 Å². The molecule has 1 aromatic rings. The predicted molar refractivity (Wildman–Crippen MR) is 73.0 cm³/mol. The second-order valence-corrected chi connectivity index (χ2v) is 5.50. The monoisotopic (exact) mass is 282 g/mol. The van der Waals surface area contributed by atoms with Crippen LogP contribution in [0.4, 0.5) is 0 Å². The Hall–Kier alpha value is -1.47. The van der Waals surface area contributed by atoms with Crippen LogP contribution in [0.5, 0.6) is 0 Å². The highest BCUT2D eigenvalue weighted by molar-refractivity contribution is 7.09. The molecule has 0 aromatic carbocycles. The highest BCUT2D eigenvalue weighted by Crippen LogP contribution is 2.13. The van der Waals surface area contributed by atoms with Crippen LogP contribution in [0.15, 0.2) is 5.38 Å². The number of thiazole rings is 1. The minimum atomic E-state index is -0.164. The second kappa shape index (κ2) is 6.12.